The summed E-state index contributed by atoms with van der Waals surface area (Å²) in [5.41, 5.74) is 6.93. The number of hydrogen-bond acceptors (Lipinski definition) is 3. The summed E-state index contributed by atoms with van der Waals surface area (Å²) < 4.78 is 0. The van der Waals surface area contributed by atoms with Crippen molar-refractivity contribution >= 4 is 11.6 Å². The maximum atomic E-state index is 11.3. The second-order valence-electron chi connectivity index (χ2n) is 4.10. The Morgan fingerprint density at radius 2 is 2.25 bits per heavy atom. The number of hydrogen-bond donors (Lipinski definition) is 2. The molecule has 3 N–H and O–H groups in total. The summed E-state index contributed by atoms with van der Waals surface area (Å²) in [7, 11) is 1.97. The molecule has 1 aromatic carbocycles. The van der Waals surface area contributed by atoms with Crippen molar-refractivity contribution in [1.82, 2.24) is 5.32 Å². The van der Waals surface area contributed by atoms with Crippen LogP contribution in [0.5, 0.6) is 0 Å². The van der Waals surface area contributed by atoms with E-state index in [4.69, 9.17) is 5.73 Å². The Kier molecular flexibility index (Phi) is 3.10. The smallest absolute Gasteiger partial charge is 0.250 e. The molecule has 1 atom stereocenters. The van der Waals surface area contributed by atoms with Gasteiger partial charge in [0.15, 0.2) is 0 Å². The lowest BCUT2D eigenvalue weighted by atomic mass is 10.1. The van der Waals surface area contributed by atoms with Gasteiger partial charge in [0.1, 0.15) is 0 Å². The van der Waals surface area contributed by atoms with Crippen molar-refractivity contribution in [3.8, 4) is 0 Å². The minimum Gasteiger partial charge on any atom is -0.369 e. The SMILES string of the molecule is CNC1CCN(c2ccccc2C(N)=O)C1. The van der Waals surface area contributed by atoms with Crippen LogP contribution in [-0.4, -0.2) is 32.1 Å². The van der Waals surface area contributed by atoms with Crippen LogP contribution in [-0.2, 0) is 0 Å². The maximum Gasteiger partial charge on any atom is 0.250 e. The molecule has 1 unspecified atom stereocenters. The third kappa shape index (κ3) is 2.02. The Labute approximate surface area is 95.4 Å². The molecule has 1 fully saturated rings. The van der Waals surface area contributed by atoms with Gasteiger partial charge in [-0.3, -0.25) is 4.79 Å². The van der Waals surface area contributed by atoms with Gasteiger partial charge in [0.05, 0.1) is 5.56 Å². The molecule has 1 saturated heterocycles. The van der Waals surface area contributed by atoms with E-state index < -0.39 is 0 Å². The number of amides is 1. The fraction of sp³-hybridized carbons (Fsp3) is 0.417. The number of carbonyl (C=O) groups excluding carboxylic acids is 1. The molecular weight excluding hydrogens is 202 g/mol. The predicted octanol–water partition coefficient (Wildman–Crippen LogP) is 0.584. The maximum absolute atomic E-state index is 11.3. The van der Waals surface area contributed by atoms with Crippen molar-refractivity contribution < 1.29 is 4.79 Å². The Bertz CT molecular complexity index is 392. The molecule has 1 heterocycles. The Morgan fingerprint density at radius 1 is 1.50 bits per heavy atom. The minimum atomic E-state index is -0.358. The molecule has 4 nitrogen and oxygen atoms in total. The highest BCUT2D eigenvalue weighted by molar-refractivity contribution is 5.98. The zero-order chi connectivity index (χ0) is 11.5. The number of benzene rings is 1. The van der Waals surface area contributed by atoms with E-state index in [0.717, 1.165) is 25.2 Å². The molecule has 1 aliphatic rings. The first-order valence-electron chi connectivity index (χ1n) is 5.53. The van der Waals surface area contributed by atoms with Crippen molar-refractivity contribution in [1.29, 1.82) is 0 Å². The second kappa shape index (κ2) is 4.53. The van der Waals surface area contributed by atoms with Crippen LogP contribution in [0.4, 0.5) is 5.69 Å². The summed E-state index contributed by atoms with van der Waals surface area (Å²) in [6.07, 6.45) is 1.10. The number of rotatable bonds is 3. The van der Waals surface area contributed by atoms with Crippen LogP contribution in [0.15, 0.2) is 24.3 Å². The predicted molar refractivity (Wildman–Crippen MR) is 64.6 cm³/mol. The van der Waals surface area contributed by atoms with E-state index in [1.807, 2.05) is 25.2 Å². The van der Waals surface area contributed by atoms with E-state index in [9.17, 15) is 4.79 Å². The molecule has 0 aromatic heterocycles. The van der Waals surface area contributed by atoms with Crippen LogP contribution >= 0.6 is 0 Å². The number of para-hydroxylation sites is 1. The van der Waals surface area contributed by atoms with Gasteiger partial charge in [-0.05, 0) is 25.6 Å². The normalized spacial score (nSPS) is 20.1. The van der Waals surface area contributed by atoms with Gasteiger partial charge >= 0.3 is 0 Å². The zero-order valence-electron chi connectivity index (χ0n) is 9.44. The van der Waals surface area contributed by atoms with Crippen molar-refractivity contribution in [2.24, 2.45) is 5.73 Å². The topological polar surface area (TPSA) is 58.4 Å². The molecule has 1 amide bonds. The van der Waals surface area contributed by atoms with Crippen molar-refractivity contribution in [2.75, 3.05) is 25.0 Å². The average molecular weight is 219 g/mol. The van der Waals surface area contributed by atoms with Crippen LogP contribution in [0.3, 0.4) is 0 Å². The third-order valence-electron chi connectivity index (χ3n) is 3.11. The summed E-state index contributed by atoms with van der Waals surface area (Å²) in [6, 6.07) is 8.02. The van der Waals surface area contributed by atoms with Crippen molar-refractivity contribution in [3.63, 3.8) is 0 Å². The molecule has 2 rings (SSSR count). The number of likely N-dealkylation sites (N-methyl/N-ethyl adjacent to an activating group) is 1. The molecule has 16 heavy (non-hydrogen) atoms. The van der Waals surface area contributed by atoms with E-state index in [1.54, 1.807) is 6.07 Å². The number of anilines is 1. The minimum absolute atomic E-state index is 0.358. The van der Waals surface area contributed by atoms with E-state index in [0.29, 0.717) is 11.6 Å². The van der Waals surface area contributed by atoms with Gasteiger partial charge in [0, 0.05) is 24.8 Å². The highest BCUT2D eigenvalue weighted by Gasteiger charge is 2.23. The summed E-state index contributed by atoms with van der Waals surface area (Å²) >= 11 is 0. The van der Waals surface area contributed by atoms with Gasteiger partial charge in [0.25, 0.3) is 5.91 Å². The van der Waals surface area contributed by atoms with E-state index in [-0.39, 0.29) is 5.91 Å². The van der Waals surface area contributed by atoms with Gasteiger partial charge in [-0.1, -0.05) is 12.1 Å². The van der Waals surface area contributed by atoms with Crippen LogP contribution in [0, 0.1) is 0 Å². The summed E-state index contributed by atoms with van der Waals surface area (Å²) in [5, 5.41) is 3.25. The molecule has 1 aromatic rings. The van der Waals surface area contributed by atoms with E-state index in [1.165, 1.54) is 0 Å². The Balaban J connectivity index is 2.24. The third-order valence-corrected chi connectivity index (χ3v) is 3.11. The molecule has 0 saturated carbocycles. The summed E-state index contributed by atoms with van der Waals surface area (Å²) in [4.78, 5) is 13.5. The highest BCUT2D eigenvalue weighted by atomic mass is 16.1. The lowest BCUT2D eigenvalue weighted by Gasteiger charge is -2.20. The molecular formula is C12H17N3O. The van der Waals surface area contributed by atoms with Crippen molar-refractivity contribution in [2.45, 2.75) is 12.5 Å². The number of nitrogens with two attached hydrogens (primary N) is 1. The van der Waals surface area contributed by atoms with Crippen molar-refractivity contribution in [3.05, 3.63) is 29.8 Å². The fourth-order valence-corrected chi connectivity index (χ4v) is 2.17. The summed E-state index contributed by atoms with van der Waals surface area (Å²) in [6.45, 7) is 1.90. The van der Waals surface area contributed by atoms with Gasteiger partial charge in [-0.2, -0.15) is 0 Å². The number of carbonyl (C=O) groups is 1. The monoisotopic (exact) mass is 219 g/mol. The standard InChI is InChI=1S/C12H17N3O/c1-14-9-6-7-15(8-9)11-5-3-2-4-10(11)12(13)16/h2-5,9,14H,6-8H2,1H3,(H2,13,16). The first kappa shape index (κ1) is 11.0. The van der Waals surface area contributed by atoms with Crippen LogP contribution in [0.25, 0.3) is 0 Å². The van der Waals surface area contributed by atoms with Gasteiger partial charge in [-0.25, -0.2) is 0 Å². The first-order chi connectivity index (χ1) is 7.72. The Morgan fingerprint density at radius 3 is 2.88 bits per heavy atom. The lowest BCUT2D eigenvalue weighted by molar-refractivity contribution is 0.100. The molecule has 0 spiro atoms. The lowest BCUT2D eigenvalue weighted by Crippen LogP contribution is -2.30. The molecule has 4 heteroatoms. The van der Waals surface area contributed by atoms with Crippen LogP contribution < -0.4 is 16.0 Å². The number of nitrogens with zero attached hydrogens (tertiary/aromatic N) is 1. The Hall–Kier alpha value is -1.55. The molecule has 0 aliphatic carbocycles. The average Bonchev–Trinajstić information content (AvgIpc) is 2.77. The summed E-state index contributed by atoms with van der Waals surface area (Å²) in [5.74, 6) is -0.358. The fourth-order valence-electron chi connectivity index (χ4n) is 2.17. The molecule has 86 valence electrons. The molecule has 0 bridgehead atoms. The highest BCUT2D eigenvalue weighted by Crippen LogP contribution is 2.24. The van der Waals surface area contributed by atoms with E-state index >= 15 is 0 Å². The second-order valence-corrected chi connectivity index (χ2v) is 4.10. The zero-order valence-corrected chi connectivity index (χ0v) is 9.44. The first-order valence-corrected chi connectivity index (χ1v) is 5.53. The van der Waals surface area contributed by atoms with Crippen LogP contribution in [0.1, 0.15) is 16.8 Å². The van der Waals surface area contributed by atoms with Gasteiger partial charge in [0.2, 0.25) is 0 Å². The van der Waals surface area contributed by atoms with E-state index in [2.05, 4.69) is 10.2 Å². The molecule has 1 aliphatic heterocycles. The number of primary amides is 1. The quantitative estimate of drug-likeness (QED) is 0.782. The number of nitrogens with one attached hydrogen (secondary N) is 1. The molecule has 0 radical (unpaired) electrons. The largest absolute Gasteiger partial charge is 0.369 e. The van der Waals surface area contributed by atoms with Gasteiger partial charge < -0.3 is 16.0 Å². The van der Waals surface area contributed by atoms with Gasteiger partial charge in [-0.15, -0.1) is 0 Å². The van der Waals surface area contributed by atoms with Crippen LogP contribution in [0.2, 0.25) is 0 Å².